The molecule has 1 unspecified atom stereocenters. The number of methoxy groups -OCH3 is 1. The summed E-state index contributed by atoms with van der Waals surface area (Å²) in [4.78, 5) is 15.9. The molecule has 0 saturated heterocycles. The predicted molar refractivity (Wildman–Crippen MR) is 50.9 cm³/mol. The number of carbonyl (C=O) groups is 1. The lowest BCUT2D eigenvalue weighted by Crippen LogP contribution is -2.28. The second kappa shape index (κ2) is 5.06. The fourth-order valence-electron chi connectivity index (χ4n) is 0.965. The largest absolute Gasteiger partial charge is 0.383 e. The molecule has 0 aliphatic rings. The highest BCUT2D eigenvalue weighted by Crippen LogP contribution is 2.09. The molecule has 0 spiro atoms. The molecule has 0 radical (unpaired) electrons. The van der Waals surface area contributed by atoms with E-state index in [1.807, 2.05) is 0 Å². The Morgan fingerprint density at radius 2 is 2.62 bits per heavy atom. The molecular weight excluding hydrogens is 188 g/mol. The molecule has 0 amide bonds. The van der Waals surface area contributed by atoms with Crippen LogP contribution in [0.4, 0.5) is 0 Å². The number of hydrogen-bond acceptors (Lipinski definition) is 5. The Morgan fingerprint density at radius 3 is 3.15 bits per heavy atom. The van der Waals surface area contributed by atoms with Crippen LogP contribution in [0.25, 0.3) is 0 Å². The maximum absolute atomic E-state index is 11.4. The van der Waals surface area contributed by atoms with Crippen molar-refractivity contribution in [3.05, 3.63) is 16.6 Å². The third-order valence-electron chi connectivity index (χ3n) is 1.54. The summed E-state index contributed by atoms with van der Waals surface area (Å²) < 4.78 is 4.83. The standard InChI is InChI=1S/C8H12N2O2S/c1-12-4-6(9)2-7(11)8-3-10-5-13-8/h3,5-6H,2,4,9H2,1H3. The summed E-state index contributed by atoms with van der Waals surface area (Å²) in [5.41, 5.74) is 7.26. The average molecular weight is 200 g/mol. The number of rotatable bonds is 5. The molecule has 0 aromatic carbocycles. The molecule has 0 aliphatic heterocycles. The molecule has 13 heavy (non-hydrogen) atoms. The lowest BCUT2D eigenvalue weighted by Gasteiger charge is -2.07. The number of thiazole rings is 1. The Labute approximate surface area is 80.7 Å². The van der Waals surface area contributed by atoms with E-state index in [1.54, 1.807) is 18.8 Å². The van der Waals surface area contributed by atoms with Gasteiger partial charge in [0, 0.05) is 25.8 Å². The van der Waals surface area contributed by atoms with Crippen molar-refractivity contribution in [3.8, 4) is 0 Å². The minimum absolute atomic E-state index is 0.0343. The van der Waals surface area contributed by atoms with E-state index in [0.717, 1.165) is 0 Å². The van der Waals surface area contributed by atoms with Crippen molar-refractivity contribution in [2.45, 2.75) is 12.5 Å². The number of nitrogens with zero attached hydrogens (tertiary/aromatic N) is 1. The van der Waals surface area contributed by atoms with Crippen LogP contribution in [0.15, 0.2) is 11.7 Å². The van der Waals surface area contributed by atoms with Gasteiger partial charge in [-0.05, 0) is 0 Å². The number of nitrogens with two attached hydrogens (primary N) is 1. The molecule has 1 aromatic rings. The van der Waals surface area contributed by atoms with Gasteiger partial charge in [0.2, 0.25) is 0 Å². The van der Waals surface area contributed by atoms with E-state index in [9.17, 15) is 4.79 Å². The highest BCUT2D eigenvalue weighted by atomic mass is 32.1. The Balaban J connectivity index is 2.42. The molecule has 5 heteroatoms. The second-order valence-electron chi connectivity index (χ2n) is 2.71. The van der Waals surface area contributed by atoms with Crippen molar-refractivity contribution in [2.75, 3.05) is 13.7 Å². The van der Waals surface area contributed by atoms with Crippen molar-refractivity contribution in [1.82, 2.24) is 4.98 Å². The summed E-state index contributed by atoms with van der Waals surface area (Å²) in [5.74, 6) is 0.0343. The summed E-state index contributed by atoms with van der Waals surface area (Å²) in [6, 6.07) is -0.223. The first-order chi connectivity index (χ1) is 6.24. The van der Waals surface area contributed by atoms with E-state index in [4.69, 9.17) is 10.5 Å². The van der Waals surface area contributed by atoms with E-state index in [0.29, 0.717) is 17.9 Å². The molecule has 1 rings (SSSR count). The van der Waals surface area contributed by atoms with Gasteiger partial charge in [0.05, 0.1) is 17.0 Å². The van der Waals surface area contributed by atoms with Crippen LogP contribution in [0, 0.1) is 0 Å². The Kier molecular flexibility index (Phi) is 4.01. The maximum atomic E-state index is 11.4. The van der Waals surface area contributed by atoms with Gasteiger partial charge < -0.3 is 10.5 Å². The highest BCUT2D eigenvalue weighted by Gasteiger charge is 2.12. The molecule has 1 aromatic heterocycles. The smallest absolute Gasteiger partial charge is 0.176 e. The van der Waals surface area contributed by atoms with Gasteiger partial charge in [-0.1, -0.05) is 0 Å². The first kappa shape index (κ1) is 10.3. The number of Topliss-reactive ketones (excluding diaryl/α,β-unsaturated/α-hetero) is 1. The first-order valence-corrected chi connectivity index (χ1v) is 4.78. The lowest BCUT2D eigenvalue weighted by atomic mass is 10.1. The van der Waals surface area contributed by atoms with Gasteiger partial charge in [-0.15, -0.1) is 11.3 Å². The molecule has 0 bridgehead atoms. The van der Waals surface area contributed by atoms with Gasteiger partial charge in [-0.3, -0.25) is 9.78 Å². The van der Waals surface area contributed by atoms with Crippen molar-refractivity contribution in [1.29, 1.82) is 0 Å². The average Bonchev–Trinajstić information content (AvgIpc) is 2.55. The Bertz CT molecular complexity index is 261. The minimum Gasteiger partial charge on any atom is -0.383 e. The third kappa shape index (κ3) is 3.22. The zero-order valence-corrected chi connectivity index (χ0v) is 8.21. The number of ketones is 1. The van der Waals surface area contributed by atoms with Crippen LogP contribution >= 0.6 is 11.3 Å². The van der Waals surface area contributed by atoms with Crippen LogP contribution in [-0.2, 0) is 4.74 Å². The zero-order chi connectivity index (χ0) is 9.68. The molecular formula is C8H12N2O2S. The lowest BCUT2D eigenvalue weighted by molar-refractivity contribution is 0.0953. The monoisotopic (exact) mass is 200 g/mol. The topological polar surface area (TPSA) is 65.2 Å². The molecule has 0 fully saturated rings. The summed E-state index contributed by atoms with van der Waals surface area (Å²) in [6.07, 6.45) is 1.88. The maximum Gasteiger partial charge on any atom is 0.176 e. The van der Waals surface area contributed by atoms with Crippen LogP contribution in [0.2, 0.25) is 0 Å². The summed E-state index contributed by atoms with van der Waals surface area (Å²) in [5, 5.41) is 0. The van der Waals surface area contributed by atoms with Crippen molar-refractivity contribution in [2.24, 2.45) is 5.73 Å². The van der Waals surface area contributed by atoms with Crippen LogP contribution in [0.1, 0.15) is 16.1 Å². The molecule has 0 saturated carbocycles. The van der Waals surface area contributed by atoms with E-state index in [2.05, 4.69) is 4.98 Å². The van der Waals surface area contributed by atoms with Crippen LogP contribution < -0.4 is 5.73 Å². The molecule has 1 atom stereocenters. The van der Waals surface area contributed by atoms with E-state index in [1.165, 1.54) is 11.3 Å². The van der Waals surface area contributed by atoms with E-state index in [-0.39, 0.29) is 11.8 Å². The quantitative estimate of drug-likeness (QED) is 0.710. The van der Waals surface area contributed by atoms with E-state index < -0.39 is 0 Å². The summed E-state index contributed by atoms with van der Waals surface area (Å²) in [7, 11) is 1.57. The van der Waals surface area contributed by atoms with Gasteiger partial charge in [0.15, 0.2) is 5.78 Å². The van der Waals surface area contributed by atoms with Gasteiger partial charge in [-0.25, -0.2) is 0 Å². The van der Waals surface area contributed by atoms with Gasteiger partial charge in [0.25, 0.3) is 0 Å². The summed E-state index contributed by atoms with van der Waals surface area (Å²) in [6.45, 7) is 0.407. The van der Waals surface area contributed by atoms with Gasteiger partial charge in [0.1, 0.15) is 0 Å². The molecule has 1 heterocycles. The third-order valence-corrected chi connectivity index (χ3v) is 2.35. The fourth-order valence-corrected chi connectivity index (χ4v) is 1.54. The van der Waals surface area contributed by atoms with Crippen molar-refractivity contribution < 1.29 is 9.53 Å². The zero-order valence-electron chi connectivity index (χ0n) is 7.40. The second-order valence-corrected chi connectivity index (χ2v) is 3.59. The predicted octanol–water partition coefficient (Wildman–Crippen LogP) is 0.690. The SMILES string of the molecule is COCC(N)CC(=O)c1cncs1. The van der Waals surface area contributed by atoms with E-state index >= 15 is 0 Å². The number of aromatic nitrogens is 1. The number of hydrogen-bond donors (Lipinski definition) is 1. The van der Waals surface area contributed by atoms with Crippen LogP contribution in [-0.4, -0.2) is 30.5 Å². The molecule has 2 N–H and O–H groups in total. The van der Waals surface area contributed by atoms with Crippen LogP contribution in [0.3, 0.4) is 0 Å². The van der Waals surface area contributed by atoms with Crippen molar-refractivity contribution in [3.63, 3.8) is 0 Å². The minimum atomic E-state index is -0.223. The Morgan fingerprint density at radius 1 is 1.85 bits per heavy atom. The molecule has 4 nitrogen and oxygen atoms in total. The molecule has 0 aliphatic carbocycles. The first-order valence-electron chi connectivity index (χ1n) is 3.90. The number of carbonyl (C=O) groups excluding carboxylic acids is 1. The normalized spacial score (nSPS) is 12.8. The van der Waals surface area contributed by atoms with Crippen molar-refractivity contribution >= 4 is 17.1 Å². The fraction of sp³-hybridized carbons (Fsp3) is 0.500. The Hall–Kier alpha value is -0.780. The van der Waals surface area contributed by atoms with Crippen LogP contribution in [0.5, 0.6) is 0 Å². The summed E-state index contributed by atoms with van der Waals surface area (Å²) >= 11 is 1.33. The van der Waals surface area contributed by atoms with Gasteiger partial charge in [-0.2, -0.15) is 0 Å². The molecule has 72 valence electrons. The number of ether oxygens (including phenoxy) is 1. The van der Waals surface area contributed by atoms with Gasteiger partial charge >= 0.3 is 0 Å². The highest BCUT2D eigenvalue weighted by molar-refractivity contribution is 7.11.